The first-order valence-corrected chi connectivity index (χ1v) is 8.39. The van der Waals surface area contributed by atoms with Gasteiger partial charge in [-0.1, -0.05) is 31.4 Å². The number of hydrogen-bond donors (Lipinski definition) is 2. The molecule has 0 heterocycles. The number of carbonyl (C=O) groups excluding carboxylic acids is 1. The third kappa shape index (κ3) is 5.47. The summed E-state index contributed by atoms with van der Waals surface area (Å²) in [6.07, 6.45) is -1.50. The fourth-order valence-corrected chi connectivity index (χ4v) is 3.16. The highest BCUT2D eigenvalue weighted by atomic mass is 19.4. The van der Waals surface area contributed by atoms with Gasteiger partial charge in [0, 0.05) is 18.5 Å². The minimum absolute atomic E-state index is 0.0665. The predicted molar refractivity (Wildman–Crippen MR) is 86.3 cm³/mol. The smallest absolute Gasteiger partial charge is 0.389 e. The van der Waals surface area contributed by atoms with Gasteiger partial charge in [0.1, 0.15) is 0 Å². The summed E-state index contributed by atoms with van der Waals surface area (Å²) in [6.45, 7) is 0.0665. The van der Waals surface area contributed by atoms with E-state index in [9.17, 15) is 27.9 Å². The van der Waals surface area contributed by atoms with E-state index < -0.39 is 29.9 Å². The van der Waals surface area contributed by atoms with Gasteiger partial charge in [-0.3, -0.25) is 9.59 Å². The average Bonchev–Trinajstić information content (AvgIpc) is 2.58. The number of carbonyl (C=O) groups is 2. The Kier molecular flexibility index (Phi) is 6.08. The van der Waals surface area contributed by atoms with E-state index in [0.717, 1.165) is 19.3 Å². The van der Waals surface area contributed by atoms with Crippen molar-refractivity contribution in [3.05, 3.63) is 35.4 Å². The zero-order valence-corrected chi connectivity index (χ0v) is 13.9. The molecule has 0 aliphatic heterocycles. The Balaban J connectivity index is 1.93. The van der Waals surface area contributed by atoms with Crippen molar-refractivity contribution in [3.63, 3.8) is 0 Å². The number of aryl methyl sites for hydroxylation is 1. The number of hydrogen-bond acceptors (Lipinski definition) is 2. The van der Waals surface area contributed by atoms with Crippen LogP contribution in [0.3, 0.4) is 0 Å². The zero-order valence-electron chi connectivity index (χ0n) is 13.9. The fourth-order valence-electron chi connectivity index (χ4n) is 3.16. The Labute approximate surface area is 144 Å². The summed E-state index contributed by atoms with van der Waals surface area (Å²) in [5.41, 5.74) is -0.101. The molecule has 2 rings (SSSR count). The highest BCUT2D eigenvalue weighted by Gasteiger charge is 2.39. The van der Waals surface area contributed by atoms with Crippen molar-refractivity contribution in [2.75, 3.05) is 6.54 Å². The number of rotatable bonds is 6. The number of nitrogens with one attached hydrogen (secondary N) is 1. The summed E-state index contributed by atoms with van der Waals surface area (Å²) in [5.74, 6) is -1.30. The molecule has 138 valence electrons. The van der Waals surface area contributed by atoms with Crippen LogP contribution in [0.5, 0.6) is 0 Å². The maximum absolute atomic E-state index is 12.2. The first-order valence-electron chi connectivity index (χ1n) is 8.39. The van der Waals surface area contributed by atoms with E-state index in [1.807, 2.05) is 0 Å². The van der Waals surface area contributed by atoms with E-state index in [1.165, 1.54) is 24.3 Å². The Morgan fingerprint density at radius 1 is 1.08 bits per heavy atom. The van der Waals surface area contributed by atoms with E-state index in [1.54, 1.807) is 0 Å². The van der Waals surface area contributed by atoms with Crippen LogP contribution >= 0.6 is 0 Å². The molecule has 25 heavy (non-hydrogen) atoms. The molecule has 1 amide bonds. The van der Waals surface area contributed by atoms with Crippen LogP contribution in [-0.2, 0) is 11.2 Å². The van der Waals surface area contributed by atoms with Crippen LogP contribution in [0.2, 0.25) is 0 Å². The van der Waals surface area contributed by atoms with Gasteiger partial charge in [-0.15, -0.1) is 0 Å². The normalized spacial score (nSPS) is 17.1. The first kappa shape index (κ1) is 19.3. The zero-order chi connectivity index (χ0) is 18.5. The molecule has 0 radical (unpaired) electrons. The van der Waals surface area contributed by atoms with Crippen molar-refractivity contribution in [2.24, 2.45) is 5.41 Å². The molecule has 4 nitrogen and oxygen atoms in total. The summed E-state index contributed by atoms with van der Waals surface area (Å²) in [7, 11) is 0. The van der Waals surface area contributed by atoms with Crippen molar-refractivity contribution < 1.29 is 27.9 Å². The van der Waals surface area contributed by atoms with Gasteiger partial charge in [-0.25, -0.2) is 0 Å². The van der Waals surface area contributed by atoms with Crippen molar-refractivity contribution in [1.82, 2.24) is 5.32 Å². The quantitative estimate of drug-likeness (QED) is 0.810. The average molecular weight is 357 g/mol. The van der Waals surface area contributed by atoms with Crippen LogP contribution in [0.15, 0.2) is 24.3 Å². The monoisotopic (exact) mass is 357 g/mol. The highest BCUT2D eigenvalue weighted by molar-refractivity contribution is 5.94. The molecule has 1 aliphatic rings. The molecule has 1 aromatic carbocycles. The van der Waals surface area contributed by atoms with Crippen molar-refractivity contribution in [1.29, 1.82) is 0 Å². The number of alkyl halides is 3. The molecule has 2 N–H and O–H groups in total. The summed E-state index contributed by atoms with van der Waals surface area (Å²) < 4.78 is 36.6. The van der Waals surface area contributed by atoms with E-state index >= 15 is 0 Å². The molecular weight excluding hydrogens is 335 g/mol. The Morgan fingerprint density at radius 2 is 1.68 bits per heavy atom. The van der Waals surface area contributed by atoms with E-state index in [-0.39, 0.29) is 13.0 Å². The van der Waals surface area contributed by atoms with Crippen LogP contribution in [0, 0.1) is 5.41 Å². The SMILES string of the molecule is O=C(NCC1(C(=O)O)CCCCC1)c1ccc(CCC(F)(F)F)cc1. The van der Waals surface area contributed by atoms with Gasteiger partial charge >= 0.3 is 12.1 Å². The summed E-state index contributed by atoms with van der Waals surface area (Å²) in [4.78, 5) is 23.8. The Morgan fingerprint density at radius 3 is 2.20 bits per heavy atom. The number of benzene rings is 1. The minimum atomic E-state index is -4.21. The molecule has 1 fully saturated rings. The topological polar surface area (TPSA) is 66.4 Å². The van der Waals surface area contributed by atoms with Crippen LogP contribution in [0.4, 0.5) is 13.2 Å². The van der Waals surface area contributed by atoms with Gasteiger partial charge in [-0.2, -0.15) is 13.2 Å². The lowest BCUT2D eigenvalue weighted by Crippen LogP contribution is -2.44. The second-order valence-electron chi connectivity index (χ2n) is 6.64. The fraction of sp³-hybridized carbons (Fsp3) is 0.556. The van der Waals surface area contributed by atoms with E-state index in [0.29, 0.717) is 24.0 Å². The molecule has 0 spiro atoms. The third-order valence-corrected chi connectivity index (χ3v) is 4.76. The van der Waals surface area contributed by atoms with Gasteiger partial charge < -0.3 is 10.4 Å². The molecule has 1 saturated carbocycles. The largest absolute Gasteiger partial charge is 0.481 e. The van der Waals surface area contributed by atoms with Crippen molar-refractivity contribution in [2.45, 2.75) is 51.1 Å². The number of halogens is 3. The second kappa shape index (κ2) is 7.89. The number of carboxylic acids is 1. The first-order chi connectivity index (χ1) is 11.7. The Bertz CT molecular complexity index is 605. The van der Waals surface area contributed by atoms with Crippen molar-refractivity contribution in [3.8, 4) is 0 Å². The molecule has 0 saturated heterocycles. The summed E-state index contributed by atoms with van der Waals surface area (Å²) in [6, 6.07) is 5.92. The second-order valence-corrected chi connectivity index (χ2v) is 6.64. The number of carboxylic acid groups (broad SMARTS) is 1. The standard InChI is InChI=1S/C18H22F3NO3/c19-18(20,21)11-8-13-4-6-14(7-5-13)15(23)22-12-17(16(24)25)9-2-1-3-10-17/h4-7H,1-3,8-12H2,(H,22,23)(H,24,25). The van der Waals surface area contributed by atoms with E-state index in [2.05, 4.69) is 5.32 Å². The van der Waals surface area contributed by atoms with Crippen molar-refractivity contribution >= 4 is 11.9 Å². The van der Waals surface area contributed by atoms with Gasteiger partial charge in [0.15, 0.2) is 0 Å². The molecule has 7 heteroatoms. The Hall–Kier alpha value is -2.05. The molecule has 0 aromatic heterocycles. The third-order valence-electron chi connectivity index (χ3n) is 4.76. The molecular formula is C18H22F3NO3. The highest BCUT2D eigenvalue weighted by Crippen LogP contribution is 2.36. The van der Waals surface area contributed by atoms with Gasteiger partial charge in [0.05, 0.1) is 5.41 Å². The number of aliphatic carboxylic acids is 1. The maximum Gasteiger partial charge on any atom is 0.389 e. The molecule has 1 aliphatic carbocycles. The van der Waals surface area contributed by atoms with Gasteiger partial charge in [-0.05, 0) is 37.0 Å². The molecule has 0 bridgehead atoms. The lowest BCUT2D eigenvalue weighted by Gasteiger charge is -2.33. The van der Waals surface area contributed by atoms with Gasteiger partial charge in [0.2, 0.25) is 0 Å². The summed E-state index contributed by atoms with van der Waals surface area (Å²) >= 11 is 0. The van der Waals surface area contributed by atoms with Crippen LogP contribution < -0.4 is 5.32 Å². The van der Waals surface area contributed by atoms with Crippen LogP contribution in [0.25, 0.3) is 0 Å². The lowest BCUT2D eigenvalue weighted by molar-refractivity contribution is -0.150. The molecule has 0 unspecified atom stereocenters. The van der Waals surface area contributed by atoms with Crippen LogP contribution in [-0.4, -0.2) is 29.7 Å². The predicted octanol–water partition coefficient (Wildman–Crippen LogP) is 3.95. The molecule has 1 aromatic rings. The van der Waals surface area contributed by atoms with Crippen LogP contribution in [0.1, 0.15) is 54.4 Å². The lowest BCUT2D eigenvalue weighted by atomic mass is 9.74. The van der Waals surface area contributed by atoms with Gasteiger partial charge in [0.25, 0.3) is 5.91 Å². The number of amides is 1. The van der Waals surface area contributed by atoms with E-state index in [4.69, 9.17) is 0 Å². The summed E-state index contributed by atoms with van der Waals surface area (Å²) in [5, 5.41) is 12.2. The maximum atomic E-state index is 12.2. The molecule has 0 atom stereocenters. The minimum Gasteiger partial charge on any atom is -0.481 e.